The third kappa shape index (κ3) is 6.99. The maximum atomic E-state index is 10.7. The summed E-state index contributed by atoms with van der Waals surface area (Å²) in [6.45, 7) is 0. The van der Waals surface area contributed by atoms with Crippen LogP contribution in [0.25, 0.3) is 0 Å². The fourth-order valence-corrected chi connectivity index (χ4v) is 1.04. The number of carbonyl (C=O) groups is 2. The summed E-state index contributed by atoms with van der Waals surface area (Å²) < 4.78 is 22.3. The highest BCUT2D eigenvalue weighted by Crippen LogP contribution is 2.10. The zero-order valence-corrected chi connectivity index (χ0v) is 14.9. The Labute approximate surface area is 144 Å². The van der Waals surface area contributed by atoms with Gasteiger partial charge in [-0.15, -0.1) is 0 Å². The second-order valence-corrected chi connectivity index (χ2v) is 3.29. The molecule has 0 radical (unpaired) electrons. The number of hydrogen-bond acceptors (Lipinski definition) is 9. The number of nitrogens with one attached hydrogen (secondary N) is 1. The lowest BCUT2D eigenvalue weighted by molar-refractivity contribution is 0.0546. The molecule has 0 saturated heterocycles. The summed E-state index contributed by atoms with van der Waals surface area (Å²) in [5.74, 6) is -1.07. The van der Waals surface area contributed by atoms with E-state index in [1.54, 1.807) is 0 Å². The number of halogens is 1. The van der Waals surface area contributed by atoms with E-state index in [0.29, 0.717) is 0 Å². The Bertz CT molecular complexity index is 660. The molecule has 128 valence electrons. The van der Waals surface area contributed by atoms with Crippen molar-refractivity contribution in [3.63, 3.8) is 0 Å². The number of esters is 2. The fourth-order valence-electron chi connectivity index (χ4n) is 1.04. The molecule has 2 rings (SSSR count). The fraction of sp³-hybridized carbons (Fsp3) is 0.333. The third-order valence-corrected chi connectivity index (χ3v) is 1.99. The number of aromatic nitrogens is 2. The minimum atomic E-state index is -0.668. The van der Waals surface area contributed by atoms with Gasteiger partial charge in [-0.3, -0.25) is 4.79 Å². The van der Waals surface area contributed by atoms with Crippen LogP contribution in [0.15, 0.2) is 26.0 Å². The lowest BCUT2D eigenvalue weighted by Gasteiger charge is -1.88. The molecule has 0 saturated carbocycles. The Hall–Kier alpha value is -2.31. The Morgan fingerprint density at radius 1 is 1.09 bits per heavy atom. The van der Waals surface area contributed by atoms with Crippen molar-refractivity contribution in [2.45, 2.75) is 0 Å². The first-order chi connectivity index (χ1) is 11.0. The van der Waals surface area contributed by atoms with E-state index in [9.17, 15) is 14.4 Å². The van der Waals surface area contributed by atoms with E-state index in [0.717, 1.165) is 6.07 Å². The molecule has 2 aromatic rings. The molecule has 0 aliphatic rings. The zero-order chi connectivity index (χ0) is 17.8. The number of aromatic amines is 1. The quantitative estimate of drug-likeness (QED) is 0.424. The van der Waals surface area contributed by atoms with Crippen molar-refractivity contribution >= 4 is 34.5 Å². The molecule has 0 fully saturated rings. The van der Waals surface area contributed by atoms with Crippen LogP contribution in [0.5, 0.6) is 5.88 Å². The summed E-state index contributed by atoms with van der Waals surface area (Å²) in [5.41, 5.74) is -0.458. The van der Waals surface area contributed by atoms with Crippen LogP contribution in [0.2, 0.25) is 0 Å². The highest BCUT2D eigenvalue weighted by Gasteiger charge is 2.12. The Morgan fingerprint density at radius 2 is 1.65 bits per heavy atom. The van der Waals surface area contributed by atoms with Gasteiger partial charge >= 0.3 is 11.9 Å². The summed E-state index contributed by atoms with van der Waals surface area (Å²) in [6.07, 6.45) is 0. The van der Waals surface area contributed by atoms with Gasteiger partial charge in [0.25, 0.3) is 11.4 Å². The Kier molecular flexibility index (Phi) is 10.1. The number of rotatable bonds is 3. The van der Waals surface area contributed by atoms with Crippen LogP contribution < -0.4 is 10.3 Å². The molecule has 0 atom stereocenters. The van der Waals surface area contributed by atoms with Crippen LogP contribution in [0.1, 0.15) is 21.1 Å². The van der Waals surface area contributed by atoms with E-state index >= 15 is 0 Å². The van der Waals surface area contributed by atoms with Crippen LogP contribution in [0, 0.1) is 0 Å². The molecule has 0 aliphatic heterocycles. The highest BCUT2D eigenvalue weighted by atomic mass is 127. The molecular formula is C12H15IN2O8. The van der Waals surface area contributed by atoms with Crippen molar-refractivity contribution in [2.24, 2.45) is 0 Å². The third-order valence-electron chi connectivity index (χ3n) is 1.99. The molecule has 2 heterocycles. The molecule has 0 spiro atoms. The van der Waals surface area contributed by atoms with Gasteiger partial charge in [0.2, 0.25) is 11.5 Å². The van der Waals surface area contributed by atoms with Gasteiger partial charge in [0.15, 0.2) is 0 Å². The number of H-pyrrole nitrogens is 1. The first-order valence-electron chi connectivity index (χ1n) is 5.75. The molecule has 0 unspecified atom stereocenters. The van der Waals surface area contributed by atoms with Gasteiger partial charge < -0.3 is 23.3 Å². The first kappa shape index (κ1) is 20.7. The normalized spacial score (nSPS) is 8.74. The predicted molar refractivity (Wildman–Crippen MR) is 85.0 cm³/mol. The minimum absolute atomic E-state index is 0.0318. The van der Waals surface area contributed by atoms with Gasteiger partial charge in [0.05, 0.1) is 33.5 Å². The summed E-state index contributed by atoms with van der Waals surface area (Å²) in [6, 6.07) is 2.37. The van der Waals surface area contributed by atoms with Crippen LogP contribution >= 0.6 is 22.6 Å². The molecule has 0 bridgehead atoms. The monoisotopic (exact) mass is 442 g/mol. The molecule has 2 aromatic heterocycles. The number of hydrogen-bond donors (Lipinski definition) is 1. The molecule has 0 amide bonds. The number of methoxy groups -OCH3 is 3. The highest BCUT2D eigenvalue weighted by molar-refractivity contribution is 14.1. The van der Waals surface area contributed by atoms with Gasteiger partial charge in [-0.2, -0.15) is 5.16 Å². The summed E-state index contributed by atoms with van der Waals surface area (Å²) in [4.78, 5) is 33.6. The van der Waals surface area contributed by atoms with Crippen LogP contribution in [-0.2, 0) is 9.47 Å². The zero-order valence-electron chi connectivity index (χ0n) is 12.7. The molecule has 23 heavy (non-hydrogen) atoms. The average molecular weight is 442 g/mol. The predicted octanol–water partition coefficient (Wildman–Crippen LogP) is 1.28. The lowest BCUT2D eigenvalue weighted by atomic mass is 10.5. The van der Waals surface area contributed by atoms with E-state index in [1.807, 2.05) is 10.1 Å². The second-order valence-electron chi connectivity index (χ2n) is 3.29. The molecule has 0 aromatic carbocycles. The minimum Gasteiger partial charge on any atom is -0.479 e. The van der Waals surface area contributed by atoms with E-state index in [-0.39, 0.29) is 17.4 Å². The largest absolute Gasteiger partial charge is 0.479 e. The van der Waals surface area contributed by atoms with Crippen LogP contribution in [0.4, 0.5) is 0 Å². The van der Waals surface area contributed by atoms with Gasteiger partial charge in [-0.05, 0) is 10.1 Å². The molecule has 0 aliphatic carbocycles. The number of nitrogens with zero attached hydrogens (tertiary/aromatic N) is 1. The first-order valence-corrected chi connectivity index (χ1v) is 7.91. The van der Waals surface area contributed by atoms with Gasteiger partial charge in [-0.25, -0.2) is 9.59 Å². The Balaban J connectivity index is 0.000000381. The molecule has 10 nitrogen and oxygen atoms in total. The van der Waals surface area contributed by atoms with E-state index in [1.165, 1.54) is 27.4 Å². The van der Waals surface area contributed by atoms with Crippen molar-refractivity contribution in [3.05, 3.63) is 34.0 Å². The summed E-state index contributed by atoms with van der Waals surface area (Å²) >= 11 is 2.15. The van der Waals surface area contributed by atoms with Crippen LogP contribution in [-0.4, -0.2) is 48.5 Å². The van der Waals surface area contributed by atoms with E-state index in [2.05, 4.69) is 51.0 Å². The summed E-state index contributed by atoms with van der Waals surface area (Å²) in [5, 5.41) is 5.36. The Morgan fingerprint density at radius 3 is 2.04 bits per heavy atom. The molecular weight excluding hydrogens is 427 g/mol. The number of ether oxygens (including phenoxy) is 3. The van der Waals surface area contributed by atoms with Gasteiger partial charge in [-0.1, -0.05) is 22.6 Å². The van der Waals surface area contributed by atoms with Crippen molar-refractivity contribution in [1.29, 1.82) is 0 Å². The SMILES string of the molecule is CI.COC(=O)c1cc(=O)[nH]o1.COC(=O)c1cc(OC)no1. The van der Waals surface area contributed by atoms with Crippen molar-refractivity contribution < 1.29 is 32.8 Å². The topological polar surface area (TPSA) is 134 Å². The standard InChI is InChI=1S/C6H7NO4.C5H5NO4.CH3I/c1-9-5-3-4(11-7-5)6(8)10-2;1-9-5(8)3-2-4(7)6-10-3;1-2/h3H,1-2H3;2H,1H3,(H,6,7);1H3. The summed E-state index contributed by atoms with van der Waals surface area (Å²) in [7, 11) is 3.89. The van der Waals surface area contributed by atoms with Crippen molar-refractivity contribution in [1.82, 2.24) is 10.3 Å². The second kappa shape index (κ2) is 11.3. The number of carbonyl (C=O) groups excluding carboxylic acids is 2. The van der Waals surface area contributed by atoms with Gasteiger partial charge in [0, 0.05) is 0 Å². The maximum absolute atomic E-state index is 10.7. The number of alkyl halides is 1. The average Bonchev–Trinajstić information content (AvgIpc) is 3.24. The van der Waals surface area contributed by atoms with Gasteiger partial charge in [0.1, 0.15) is 0 Å². The van der Waals surface area contributed by atoms with Crippen LogP contribution in [0.3, 0.4) is 0 Å². The lowest BCUT2D eigenvalue weighted by Crippen LogP contribution is -1.99. The molecule has 1 N–H and O–H groups in total. The van der Waals surface area contributed by atoms with E-state index in [4.69, 9.17) is 0 Å². The van der Waals surface area contributed by atoms with Crippen molar-refractivity contribution in [2.75, 3.05) is 26.3 Å². The van der Waals surface area contributed by atoms with E-state index < -0.39 is 17.5 Å². The van der Waals surface area contributed by atoms with Crippen molar-refractivity contribution in [3.8, 4) is 5.88 Å². The molecule has 11 heteroatoms. The maximum Gasteiger partial charge on any atom is 0.377 e. The smallest absolute Gasteiger partial charge is 0.377 e.